The number of hydrogen-bond acceptors (Lipinski definition) is 3. The maximum atomic E-state index is 12.0. The summed E-state index contributed by atoms with van der Waals surface area (Å²) in [5.74, 6) is -0.259. The van der Waals surface area contributed by atoms with Crippen LogP contribution in [0, 0.1) is 5.92 Å². The minimum absolute atomic E-state index is 0.0331. The van der Waals surface area contributed by atoms with Crippen molar-refractivity contribution in [1.82, 2.24) is 0 Å². The standard InChI is InChI=1S/C15H15BrN2O2S/c1-9(2)14(19)17-10-3-5-11(6-4-10)18-15(20)13-12(16)7-8-21-13/h3-9H,1-2H3,(H,17,19)(H,18,20). The summed E-state index contributed by atoms with van der Waals surface area (Å²) in [5.41, 5.74) is 1.40. The highest BCUT2D eigenvalue weighted by atomic mass is 79.9. The van der Waals surface area contributed by atoms with Gasteiger partial charge in [0.2, 0.25) is 5.91 Å². The van der Waals surface area contributed by atoms with Crippen LogP contribution in [0.25, 0.3) is 0 Å². The molecule has 6 heteroatoms. The number of amides is 2. The second kappa shape index (κ2) is 6.87. The molecule has 4 nitrogen and oxygen atoms in total. The van der Waals surface area contributed by atoms with Crippen LogP contribution in [0.5, 0.6) is 0 Å². The van der Waals surface area contributed by atoms with E-state index < -0.39 is 0 Å². The highest BCUT2D eigenvalue weighted by Crippen LogP contribution is 2.24. The van der Waals surface area contributed by atoms with Crippen LogP contribution in [0.4, 0.5) is 11.4 Å². The van der Waals surface area contributed by atoms with E-state index in [9.17, 15) is 9.59 Å². The molecule has 2 amide bonds. The van der Waals surface area contributed by atoms with Gasteiger partial charge in [-0.3, -0.25) is 9.59 Å². The number of thiophene rings is 1. The van der Waals surface area contributed by atoms with Gasteiger partial charge in [-0.1, -0.05) is 13.8 Å². The zero-order valence-electron chi connectivity index (χ0n) is 11.6. The molecule has 0 atom stereocenters. The van der Waals surface area contributed by atoms with Gasteiger partial charge in [0, 0.05) is 21.8 Å². The molecule has 0 saturated carbocycles. The Kier molecular flexibility index (Phi) is 5.14. The summed E-state index contributed by atoms with van der Waals surface area (Å²) in [5, 5.41) is 7.47. The van der Waals surface area contributed by atoms with Crippen molar-refractivity contribution in [3.8, 4) is 0 Å². The fourth-order valence-electron chi connectivity index (χ4n) is 1.57. The quantitative estimate of drug-likeness (QED) is 0.844. The molecule has 2 rings (SSSR count). The van der Waals surface area contributed by atoms with E-state index in [1.165, 1.54) is 11.3 Å². The molecule has 1 heterocycles. The molecule has 2 N–H and O–H groups in total. The average Bonchev–Trinajstić information content (AvgIpc) is 2.87. The van der Waals surface area contributed by atoms with Gasteiger partial charge in [0.05, 0.1) is 0 Å². The first-order valence-corrected chi connectivity index (χ1v) is 8.10. The molecule has 0 aliphatic heterocycles. The smallest absolute Gasteiger partial charge is 0.266 e. The molecule has 0 aliphatic carbocycles. The van der Waals surface area contributed by atoms with E-state index >= 15 is 0 Å². The van der Waals surface area contributed by atoms with Crippen molar-refractivity contribution >= 4 is 50.5 Å². The van der Waals surface area contributed by atoms with Crippen LogP contribution in [0.2, 0.25) is 0 Å². The SMILES string of the molecule is CC(C)C(=O)Nc1ccc(NC(=O)c2sccc2Br)cc1. The first kappa shape index (κ1) is 15.7. The maximum Gasteiger partial charge on any atom is 0.266 e. The third-order valence-corrected chi connectivity index (χ3v) is 4.59. The van der Waals surface area contributed by atoms with E-state index in [0.29, 0.717) is 16.3 Å². The summed E-state index contributed by atoms with van der Waals surface area (Å²) >= 11 is 4.71. The highest BCUT2D eigenvalue weighted by molar-refractivity contribution is 9.10. The second-order valence-corrected chi connectivity index (χ2v) is 6.54. The number of anilines is 2. The third kappa shape index (κ3) is 4.15. The van der Waals surface area contributed by atoms with Crippen LogP contribution in [-0.4, -0.2) is 11.8 Å². The van der Waals surface area contributed by atoms with E-state index in [1.807, 2.05) is 25.3 Å². The molecule has 0 unspecified atom stereocenters. The van der Waals surface area contributed by atoms with Crippen molar-refractivity contribution in [2.24, 2.45) is 5.92 Å². The molecule has 110 valence electrons. The van der Waals surface area contributed by atoms with Gasteiger partial charge in [0.25, 0.3) is 5.91 Å². The van der Waals surface area contributed by atoms with E-state index in [2.05, 4.69) is 26.6 Å². The van der Waals surface area contributed by atoms with Gasteiger partial charge in [-0.25, -0.2) is 0 Å². The Morgan fingerprint density at radius 1 is 1.05 bits per heavy atom. The molecular weight excluding hydrogens is 352 g/mol. The summed E-state index contributed by atoms with van der Waals surface area (Å²) in [4.78, 5) is 24.3. The first-order chi connectivity index (χ1) is 9.97. The summed E-state index contributed by atoms with van der Waals surface area (Å²) in [6, 6.07) is 8.88. The molecule has 0 spiro atoms. The summed E-state index contributed by atoms with van der Waals surface area (Å²) in [7, 11) is 0. The number of hydrogen-bond donors (Lipinski definition) is 2. The largest absolute Gasteiger partial charge is 0.326 e. The molecule has 0 saturated heterocycles. The number of benzene rings is 1. The second-order valence-electron chi connectivity index (χ2n) is 4.77. The van der Waals surface area contributed by atoms with Crippen molar-refractivity contribution < 1.29 is 9.59 Å². The average molecular weight is 367 g/mol. The summed E-state index contributed by atoms with van der Waals surface area (Å²) in [6.07, 6.45) is 0. The molecule has 0 fully saturated rings. The van der Waals surface area contributed by atoms with Crippen LogP contribution < -0.4 is 10.6 Å². The van der Waals surface area contributed by atoms with Crippen LogP contribution in [0.3, 0.4) is 0 Å². The van der Waals surface area contributed by atoms with Crippen molar-refractivity contribution in [3.05, 3.63) is 45.1 Å². The van der Waals surface area contributed by atoms with E-state index in [1.54, 1.807) is 24.3 Å². The van der Waals surface area contributed by atoms with Crippen LogP contribution in [-0.2, 0) is 4.79 Å². The van der Waals surface area contributed by atoms with Gasteiger partial charge >= 0.3 is 0 Å². The molecule has 0 bridgehead atoms. The molecule has 1 aromatic carbocycles. The zero-order valence-corrected chi connectivity index (χ0v) is 14.0. The van der Waals surface area contributed by atoms with Crippen molar-refractivity contribution in [2.45, 2.75) is 13.8 Å². The van der Waals surface area contributed by atoms with Gasteiger partial charge in [0.15, 0.2) is 0 Å². The Balaban J connectivity index is 2.01. The van der Waals surface area contributed by atoms with E-state index in [0.717, 1.165) is 4.47 Å². The molecule has 0 radical (unpaired) electrons. The first-order valence-electron chi connectivity index (χ1n) is 6.42. The number of nitrogens with one attached hydrogen (secondary N) is 2. The molecule has 21 heavy (non-hydrogen) atoms. The summed E-state index contributed by atoms with van der Waals surface area (Å²) in [6.45, 7) is 3.67. The molecule has 1 aromatic heterocycles. The van der Waals surface area contributed by atoms with Crippen LogP contribution in [0.1, 0.15) is 23.5 Å². The van der Waals surface area contributed by atoms with Gasteiger partial charge in [-0.15, -0.1) is 11.3 Å². The van der Waals surface area contributed by atoms with Crippen molar-refractivity contribution in [1.29, 1.82) is 0 Å². The molecule has 0 aliphatic rings. The minimum atomic E-state index is -0.157. The van der Waals surface area contributed by atoms with Gasteiger partial charge in [-0.05, 0) is 51.6 Å². The predicted octanol–water partition coefficient (Wildman–Crippen LogP) is 4.36. The summed E-state index contributed by atoms with van der Waals surface area (Å²) < 4.78 is 0.783. The monoisotopic (exact) mass is 366 g/mol. The van der Waals surface area contributed by atoms with Gasteiger partial charge in [0.1, 0.15) is 4.88 Å². The van der Waals surface area contributed by atoms with Crippen molar-refractivity contribution in [2.75, 3.05) is 10.6 Å². The van der Waals surface area contributed by atoms with E-state index in [4.69, 9.17) is 0 Å². The Bertz CT molecular complexity index is 650. The minimum Gasteiger partial charge on any atom is -0.326 e. The number of rotatable bonds is 4. The highest BCUT2D eigenvalue weighted by Gasteiger charge is 2.12. The topological polar surface area (TPSA) is 58.2 Å². The van der Waals surface area contributed by atoms with Crippen LogP contribution >= 0.6 is 27.3 Å². The third-order valence-electron chi connectivity index (χ3n) is 2.76. The zero-order chi connectivity index (χ0) is 15.4. The molecule has 2 aromatic rings. The fraction of sp³-hybridized carbons (Fsp3) is 0.200. The number of halogens is 1. The van der Waals surface area contributed by atoms with Crippen LogP contribution in [0.15, 0.2) is 40.2 Å². The fourth-order valence-corrected chi connectivity index (χ4v) is 3.01. The Morgan fingerprint density at radius 3 is 2.10 bits per heavy atom. The lowest BCUT2D eigenvalue weighted by Gasteiger charge is -2.09. The normalized spacial score (nSPS) is 10.5. The lowest BCUT2D eigenvalue weighted by atomic mass is 10.2. The maximum absolute atomic E-state index is 12.0. The van der Waals surface area contributed by atoms with Gasteiger partial charge < -0.3 is 10.6 Å². The van der Waals surface area contributed by atoms with Crippen molar-refractivity contribution in [3.63, 3.8) is 0 Å². The molecular formula is C15H15BrN2O2S. The number of carbonyl (C=O) groups excluding carboxylic acids is 2. The lowest BCUT2D eigenvalue weighted by molar-refractivity contribution is -0.118. The Hall–Kier alpha value is -1.66. The van der Waals surface area contributed by atoms with E-state index in [-0.39, 0.29) is 17.7 Å². The Morgan fingerprint density at radius 2 is 1.62 bits per heavy atom. The Labute approximate surface area is 135 Å². The number of carbonyl (C=O) groups is 2. The van der Waals surface area contributed by atoms with Gasteiger partial charge in [-0.2, -0.15) is 0 Å². The lowest BCUT2D eigenvalue weighted by Crippen LogP contribution is -2.17. The predicted molar refractivity (Wildman–Crippen MR) is 89.9 cm³/mol.